The van der Waals surface area contributed by atoms with E-state index < -0.39 is 23.7 Å². The Labute approximate surface area is 106 Å². The van der Waals surface area contributed by atoms with Gasteiger partial charge in [0, 0.05) is 4.92 Å². The molecule has 0 heterocycles. The minimum Gasteiger partial charge on any atom is -0.388 e. The summed E-state index contributed by atoms with van der Waals surface area (Å²) in [6.07, 6.45) is 3.12. The van der Waals surface area contributed by atoms with Crippen molar-refractivity contribution in [3.8, 4) is 0 Å². The van der Waals surface area contributed by atoms with Gasteiger partial charge in [0.1, 0.15) is 13.2 Å². The van der Waals surface area contributed by atoms with E-state index in [-0.39, 0.29) is 0 Å². The number of hydrogen-bond donors (Lipinski definition) is 2. The van der Waals surface area contributed by atoms with Gasteiger partial charge in [-0.3, -0.25) is 10.1 Å². The normalized spacial score (nSPS) is 11.9. The fourth-order valence-electron chi connectivity index (χ4n) is 1.35. The summed E-state index contributed by atoms with van der Waals surface area (Å²) in [4.78, 5) is 10.1. The minimum atomic E-state index is -1.84. The number of aliphatic hydroxyl groups excluding tert-OH is 2. The highest BCUT2D eigenvalue weighted by atomic mass is 16.6. The van der Waals surface area contributed by atoms with Crippen LogP contribution < -0.4 is 0 Å². The summed E-state index contributed by atoms with van der Waals surface area (Å²) in [5.41, 5.74) is -0.149. The van der Waals surface area contributed by atoms with E-state index in [4.69, 9.17) is 18.1 Å². The van der Waals surface area contributed by atoms with Gasteiger partial charge in [-0.2, -0.15) is 0 Å². The summed E-state index contributed by atoms with van der Waals surface area (Å²) in [5, 5.41) is 28.9. The molecule has 1 rings (SSSR count). The van der Waals surface area contributed by atoms with Gasteiger partial charge in [0.05, 0.1) is 7.85 Å². The minimum absolute atomic E-state index is 0.427. The predicted molar refractivity (Wildman–Crippen MR) is 68.8 cm³/mol. The Morgan fingerprint density at radius 2 is 1.83 bits per heavy atom. The number of nitro groups is 1. The second kappa shape index (κ2) is 6.32. The van der Waals surface area contributed by atoms with E-state index in [0.29, 0.717) is 6.32 Å². The van der Waals surface area contributed by atoms with Crippen molar-refractivity contribution < 1.29 is 15.1 Å². The fraction of sp³-hybridized carbons (Fsp3) is 0.333. The van der Waals surface area contributed by atoms with E-state index in [1.165, 1.54) is 12.2 Å². The van der Waals surface area contributed by atoms with Crippen LogP contribution in [-0.4, -0.2) is 41.7 Å². The average Bonchev–Trinajstić information content (AvgIpc) is 2.41. The average molecular weight is 247 g/mol. The molecule has 0 fully saturated rings. The van der Waals surface area contributed by atoms with Crippen LogP contribution >= 0.6 is 0 Å². The first-order valence-corrected chi connectivity index (χ1v) is 5.42. The summed E-state index contributed by atoms with van der Waals surface area (Å²) < 4.78 is 0. The molecule has 0 saturated carbocycles. The Morgan fingerprint density at radius 3 is 2.22 bits per heavy atom. The number of aliphatic hydroxyl groups is 2. The van der Waals surface area contributed by atoms with Crippen molar-refractivity contribution in [1.82, 2.24) is 0 Å². The van der Waals surface area contributed by atoms with Crippen LogP contribution in [0.5, 0.6) is 0 Å². The topological polar surface area (TPSA) is 83.6 Å². The summed E-state index contributed by atoms with van der Waals surface area (Å²) in [6.45, 7) is -1.51. The van der Waals surface area contributed by atoms with Crippen molar-refractivity contribution in [3.63, 3.8) is 0 Å². The zero-order chi connectivity index (χ0) is 13.6. The molecule has 0 amide bonds. The second-order valence-electron chi connectivity index (χ2n) is 3.96. The van der Waals surface area contributed by atoms with Gasteiger partial charge in [-0.1, -0.05) is 42.2 Å². The van der Waals surface area contributed by atoms with Crippen LogP contribution in [0.2, 0.25) is 0 Å². The van der Waals surface area contributed by atoms with Crippen molar-refractivity contribution in [1.29, 1.82) is 0 Å². The van der Waals surface area contributed by atoms with E-state index in [9.17, 15) is 10.1 Å². The van der Waals surface area contributed by atoms with Gasteiger partial charge in [-0.25, -0.2) is 0 Å². The van der Waals surface area contributed by atoms with Crippen LogP contribution in [0.3, 0.4) is 0 Å². The molecule has 5 nitrogen and oxygen atoms in total. The molecule has 0 saturated heterocycles. The Kier molecular flexibility index (Phi) is 5.06. The van der Waals surface area contributed by atoms with E-state index in [1.54, 1.807) is 12.1 Å². The maximum atomic E-state index is 10.8. The number of hydrogen-bond acceptors (Lipinski definition) is 4. The summed E-state index contributed by atoms with van der Waals surface area (Å²) in [7, 11) is 5.45. The number of rotatable bonds is 6. The molecule has 0 aromatic heterocycles. The lowest BCUT2D eigenvalue weighted by molar-refractivity contribution is -0.561. The Hall–Kier alpha value is -1.66. The molecule has 0 aliphatic carbocycles. The van der Waals surface area contributed by atoms with Crippen molar-refractivity contribution in [3.05, 3.63) is 51.6 Å². The maximum absolute atomic E-state index is 10.8. The largest absolute Gasteiger partial charge is 0.388 e. The third-order valence-corrected chi connectivity index (χ3v) is 2.71. The zero-order valence-electron chi connectivity index (χ0n) is 9.82. The van der Waals surface area contributed by atoms with E-state index in [2.05, 4.69) is 0 Å². The van der Waals surface area contributed by atoms with Crippen molar-refractivity contribution in [2.24, 2.45) is 0 Å². The Balaban J connectivity index is 2.92. The lowest BCUT2D eigenvalue weighted by Crippen LogP contribution is -2.43. The van der Waals surface area contributed by atoms with E-state index in [0.717, 1.165) is 11.1 Å². The Morgan fingerprint density at radius 1 is 1.28 bits per heavy atom. The first-order valence-electron chi connectivity index (χ1n) is 5.42. The molecular weight excluding hydrogens is 233 g/mol. The molecule has 6 heteroatoms. The van der Waals surface area contributed by atoms with Gasteiger partial charge in [0.2, 0.25) is 0 Å². The molecule has 0 atom stereocenters. The molecule has 94 valence electrons. The molecule has 2 N–H and O–H groups in total. The van der Waals surface area contributed by atoms with Crippen LogP contribution in [0.4, 0.5) is 0 Å². The van der Waals surface area contributed by atoms with Crippen LogP contribution in [0.1, 0.15) is 11.1 Å². The van der Waals surface area contributed by atoms with Gasteiger partial charge < -0.3 is 10.2 Å². The van der Waals surface area contributed by atoms with Gasteiger partial charge in [0.15, 0.2) is 0 Å². The molecule has 0 spiro atoms. The van der Waals surface area contributed by atoms with Crippen LogP contribution in [0, 0.1) is 10.1 Å². The van der Waals surface area contributed by atoms with Gasteiger partial charge in [-0.15, -0.1) is 0 Å². The number of benzene rings is 1. The monoisotopic (exact) mass is 247 g/mol. The van der Waals surface area contributed by atoms with E-state index in [1.807, 2.05) is 12.1 Å². The second-order valence-corrected chi connectivity index (χ2v) is 3.96. The van der Waals surface area contributed by atoms with Crippen LogP contribution in [0.25, 0.3) is 6.08 Å². The number of nitrogens with zero attached hydrogens (tertiary/aromatic N) is 1. The molecule has 18 heavy (non-hydrogen) atoms. The maximum Gasteiger partial charge on any atom is 0.285 e. The summed E-state index contributed by atoms with van der Waals surface area (Å²) in [6, 6.07) is 7.15. The summed E-state index contributed by atoms with van der Waals surface area (Å²) >= 11 is 0. The quantitative estimate of drug-likeness (QED) is 0.432. The highest BCUT2D eigenvalue weighted by molar-refractivity contribution is 6.08. The van der Waals surface area contributed by atoms with Crippen molar-refractivity contribution in [2.75, 3.05) is 13.2 Å². The van der Waals surface area contributed by atoms with Crippen molar-refractivity contribution >= 4 is 13.9 Å². The third kappa shape index (κ3) is 3.18. The highest BCUT2D eigenvalue weighted by Gasteiger charge is 2.38. The molecule has 0 bridgehead atoms. The van der Waals surface area contributed by atoms with Gasteiger partial charge in [0.25, 0.3) is 5.54 Å². The zero-order valence-corrected chi connectivity index (χ0v) is 9.82. The Bertz CT molecular complexity index is 426. The first-order chi connectivity index (χ1) is 8.57. The third-order valence-electron chi connectivity index (χ3n) is 2.71. The van der Waals surface area contributed by atoms with Crippen molar-refractivity contribution in [2.45, 2.75) is 11.9 Å². The smallest absolute Gasteiger partial charge is 0.285 e. The van der Waals surface area contributed by atoms with Gasteiger partial charge >= 0.3 is 0 Å². The molecule has 0 aliphatic rings. The lowest BCUT2D eigenvalue weighted by Gasteiger charge is -2.16. The summed E-state index contributed by atoms with van der Waals surface area (Å²) in [5.74, 6) is 0. The first kappa shape index (κ1) is 14.4. The SMILES string of the molecule is [B]Cc1ccc(/C=C/C(CO)(CO)[N+](=O)[O-])cc1. The fourth-order valence-corrected chi connectivity index (χ4v) is 1.35. The molecule has 1 aromatic carbocycles. The van der Waals surface area contributed by atoms with Crippen LogP contribution in [-0.2, 0) is 6.32 Å². The standard InChI is InChI=1S/C12H14BNO4/c13-7-11-3-1-10(2-4-11)5-6-12(8-15,9-16)14(17)18/h1-6,15-16H,7-9H2/b6-5+. The molecule has 0 aliphatic heterocycles. The van der Waals surface area contributed by atoms with Crippen LogP contribution in [0.15, 0.2) is 30.3 Å². The molecular formula is C12H14BNO4. The highest BCUT2D eigenvalue weighted by Crippen LogP contribution is 2.14. The molecule has 2 radical (unpaired) electrons. The van der Waals surface area contributed by atoms with Gasteiger partial charge in [-0.05, 0) is 11.6 Å². The predicted octanol–water partition coefficient (Wildman–Crippen LogP) is 0.368. The lowest BCUT2D eigenvalue weighted by atomic mass is 9.95. The molecule has 1 aromatic rings. The van der Waals surface area contributed by atoms with E-state index >= 15 is 0 Å². The molecule has 0 unspecified atom stereocenters.